The number of amides is 1. The summed E-state index contributed by atoms with van der Waals surface area (Å²) in [6.07, 6.45) is 2.92. The van der Waals surface area contributed by atoms with Crippen molar-refractivity contribution in [2.75, 3.05) is 7.11 Å². The van der Waals surface area contributed by atoms with E-state index in [2.05, 4.69) is 10.3 Å². The van der Waals surface area contributed by atoms with Gasteiger partial charge in [-0.05, 0) is 18.9 Å². The first-order valence-electron chi connectivity index (χ1n) is 5.37. The van der Waals surface area contributed by atoms with Crippen LogP contribution in [0.1, 0.15) is 23.3 Å². The highest BCUT2D eigenvalue weighted by atomic mass is 35.7. The predicted octanol–water partition coefficient (Wildman–Crippen LogP) is 0.849. The first-order chi connectivity index (χ1) is 8.40. The van der Waals surface area contributed by atoms with Crippen LogP contribution in [0.25, 0.3) is 0 Å². The van der Waals surface area contributed by atoms with Gasteiger partial charge in [-0.3, -0.25) is 4.79 Å². The van der Waals surface area contributed by atoms with Crippen LogP contribution >= 0.6 is 10.7 Å². The Morgan fingerprint density at radius 2 is 2.22 bits per heavy atom. The van der Waals surface area contributed by atoms with Crippen LogP contribution in [0, 0.1) is 0 Å². The van der Waals surface area contributed by atoms with Gasteiger partial charge in [-0.25, -0.2) is 8.42 Å². The molecule has 0 aliphatic heterocycles. The molecule has 2 N–H and O–H groups in total. The second-order valence-electron chi connectivity index (χ2n) is 4.19. The number of hydrogen-bond donors (Lipinski definition) is 2. The van der Waals surface area contributed by atoms with Crippen LogP contribution in [0.2, 0.25) is 0 Å². The summed E-state index contributed by atoms with van der Waals surface area (Å²) in [5.74, 6) is -0.346. The molecule has 0 spiro atoms. The summed E-state index contributed by atoms with van der Waals surface area (Å²) in [5.41, 5.74) is 0.176. The maximum Gasteiger partial charge on any atom is 0.267 e. The Hall–Kier alpha value is -1.05. The molecule has 0 radical (unpaired) electrons. The van der Waals surface area contributed by atoms with E-state index in [1.54, 1.807) is 7.11 Å². The molecule has 1 fully saturated rings. The number of nitrogens with one attached hydrogen (secondary N) is 2. The first-order valence-corrected chi connectivity index (χ1v) is 7.68. The Kier molecular flexibility index (Phi) is 3.65. The molecular weight excluding hydrogens is 280 g/mol. The van der Waals surface area contributed by atoms with E-state index in [1.165, 1.54) is 12.3 Å². The van der Waals surface area contributed by atoms with Crippen molar-refractivity contribution in [1.82, 2.24) is 10.3 Å². The van der Waals surface area contributed by atoms with Gasteiger partial charge in [0.2, 0.25) is 0 Å². The number of carbonyl (C=O) groups excluding carboxylic acids is 1. The molecule has 0 bridgehead atoms. The van der Waals surface area contributed by atoms with Crippen molar-refractivity contribution in [1.29, 1.82) is 0 Å². The highest BCUT2D eigenvalue weighted by Gasteiger charge is 2.30. The summed E-state index contributed by atoms with van der Waals surface area (Å²) >= 11 is 0. The Bertz CT molecular complexity index is 548. The quantitative estimate of drug-likeness (QED) is 0.805. The summed E-state index contributed by atoms with van der Waals surface area (Å²) in [4.78, 5) is 14.2. The summed E-state index contributed by atoms with van der Waals surface area (Å²) in [5, 5.41) is 2.77. The van der Waals surface area contributed by atoms with Crippen molar-refractivity contribution < 1.29 is 17.9 Å². The third-order valence-corrected chi connectivity index (χ3v) is 4.28. The summed E-state index contributed by atoms with van der Waals surface area (Å²) in [6, 6.07) is 1.28. The van der Waals surface area contributed by atoms with Crippen molar-refractivity contribution in [2.24, 2.45) is 0 Å². The van der Waals surface area contributed by atoms with Crippen LogP contribution < -0.4 is 5.32 Å². The molecule has 0 aromatic carbocycles. The standard InChI is InChI=1S/C10H13ClN2O4S/c1-17-7-2-6(3-7)13-10(14)9-4-8(5-12-9)18(11,15)16/h4-7,12H,2-3H2,1H3,(H,13,14). The topological polar surface area (TPSA) is 88.3 Å². The average Bonchev–Trinajstić information content (AvgIpc) is 2.70. The van der Waals surface area contributed by atoms with Crippen LogP contribution in [-0.2, 0) is 13.8 Å². The van der Waals surface area contributed by atoms with Gasteiger partial charge in [-0.2, -0.15) is 0 Å². The van der Waals surface area contributed by atoms with Crippen LogP contribution in [-0.4, -0.2) is 38.6 Å². The number of rotatable bonds is 4. The van der Waals surface area contributed by atoms with E-state index in [0.29, 0.717) is 0 Å². The Balaban J connectivity index is 1.96. The summed E-state index contributed by atoms with van der Waals surface area (Å²) < 4.78 is 27.2. The molecule has 1 aromatic rings. The van der Waals surface area contributed by atoms with Crippen LogP contribution in [0.15, 0.2) is 17.2 Å². The molecule has 2 rings (SSSR count). The van der Waals surface area contributed by atoms with E-state index >= 15 is 0 Å². The fourth-order valence-corrected chi connectivity index (χ4v) is 2.51. The lowest BCUT2D eigenvalue weighted by Gasteiger charge is -2.34. The molecule has 1 aromatic heterocycles. The molecular formula is C10H13ClN2O4S. The monoisotopic (exact) mass is 292 g/mol. The Morgan fingerprint density at radius 3 is 2.72 bits per heavy atom. The van der Waals surface area contributed by atoms with E-state index in [1.807, 2.05) is 0 Å². The van der Waals surface area contributed by atoms with Gasteiger partial charge in [0.05, 0.1) is 6.10 Å². The number of carbonyl (C=O) groups is 1. The third kappa shape index (κ3) is 2.85. The first kappa shape index (κ1) is 13.4. The van der Waals surface area contributed by atoms with Gasteiger partial charge in [0.1, 0.15) is 10.6 Å². The average molecular weight is 293 g/mol. The van der Waals surface area contributed by atoms with Gasteiger partial charge in [0, 0.05) is 30.0 Å². The van der Waals surface area contributed by atoms with E-state index in [4.69, 9.17) is 15.4 Å². The molecule has 1 aliphatic carbocycles. The lowest BCUT2D eigenvalue weighted by molar-refractivity contribution is 0.0175. The number of halogens is 1. The predicted molar refractivity (Wildman–Crippen MR) is 65.1 cm³/mol. The van der Waals surface area contributed by atoms with Crippen LogP contribution in [0.5, 0.6) is 0 Å². The zero-order valence-electron chi connectivity index (χ0n) is 9.64. The minimum Gasteiger partial charge on any atom is -0.381 e. The molecule has 0 saturated heterocycles. The Morgan fingerprint density at radius 1 is 1.56 bits per heavy atom. The molecule has 18 heavy (non-hydrogen) atoms. The zero-order chi connectivity index (χ0) is 13.3. The van der Waals surface area contributed by atoms with Gasteiger partial charge in [-0.15, -0.1) is 0 Å². The van der Waals surface area contributed by atoms with E-state index in [0.717, 1.165) is 12.8 Å². The SMILES string of the molecule is COC1CC(NC(=O)c2cc(S(=O)(=O)Cl)c[nH]2)C1. The maximum atomic E-state index is 11.8. The number of hydrogen-bond acceptors (Lipinski definition) is 4. The van der Waals surface area contributed by atoms with Crippen molar-refractivity contribution >= 4 is 25.6 Å². The Labute approximate surface area is 109 Å². The van der Waals surface area contributed by atoms with E-state index < -0.39 is 9.05 Å². The van der Waals surface area contributed by atoms with Crippen molar-refractivity contribution in [3.8, 4) is 0 Å². The molecule has 1 amide bonds. The van der Waals surface area contributed by atoms with Gasteiger partial charge in [-0.1, -0.05) is 0 Å². The van der Waals surface area contributed by atoms with Gasteiger partial charge >= 0.3 is 0 Å². The molecule has 0 atom stereocenters. The maximum absolute atomic E-state index is 11.8. The number of aromatic amines is 1. The summed E-state index contributed by atoms with van der Waals surface area (Å²) in [6.45, 7) is 0. The second kappa shape index (κ2) is 4.91. The minimum absolute atomic E-state index is 0.0711. The lowest BCUT2D eigenvalue weighted by Crippen LogP contribution is -2.47. The third-order valence-electron chi connectivity index (χ3n) is 2.95. The smallest absolute Gasteiger partial charge is 0.267 e. The van der Waals surface area contributed by atoms with Crippen LogP contribution in [0.3, 0.4) is 0 Å². The fourth-order valence-electron chi connectivity index (χ4n) is 1.79. The number of aromatic nitrogens is 1. The molecule has 1 heterocycles. The largest absolute Gasteiger partial charge is 0.381 e. The minimum atomic E-state index is -3.81. The highest BCUT2D eigenvalue weighted by molar-refractivity contribution is 8.13. The fraction of sp³-hybridized carbons (Fsp3) is 0.500. The molecule has 0 unspecified atom stereocenters. The van der Waals surface area contributed by atoms with E-state index in [-0.39, 0.29) is 28.6 Å². The van der Waals surface area contributed by atoms with E-state index in [9.17, 15) is 13.2 Å². The zero-order valence-corrected chi connectivity index (χ0v) is 11.2. The van der Waals surface area contributed by atoms with Crippen molar-refractivity contribution in [3.05, 3.63) is 18.0 Å². The highest BCUT2D eigenvalue weighted by Crippen LogP contribution is 2.23. The van der Waals surface area contributed by atoms with Crippen molar-refractivity contribution in [2.45, 2.75) is 29.9 Å². The number of methoxy groups -OCH3 is 1. The van der Waals surface area contributed by atoms with Crippen molar-refractivity contribution in [3.63, 3.8) is 0 Å². The number of ether oxygens (including phenoxy) is 1. The molecule has 6 nitrogen and oxygen atoms in total. The normalized spacial score (nSPS) is 23.4. The molecule has 1 aliphatic rings. The second-order valence-corrected chi connectivity index (χ2v) is 6.75. The van der Waals surface area contributed by atoms with Gasteiger partial charge in [0.25, 0.3) is 15.0 Å². The number of H-pyrrole nitrogens is 1. The molecule has 1 saturated carbocycles. The van der Waals surface area contributed by atoms with Crippen LogP contribution in [0.4, 0.5) is 0 Å². The summed E-state index contributed by atoms with van der Waals surface area (Å²) in [7, 11) is 2.99. The molecule has 8 heteroatoms. The lowest BCUT2D eigenvalue weighted by atomic mass is 9.89. The molecule has 100 valence electrons. The van der Waals surface area contributed by atoms with Gasteiger partial charge < -0.3 is 15.0 Å². The van der Waals surface area contributed by atoms with Gasteiger partial charge in [0.15, 0.2) is 0 Å².